The van der Waals surface area contributed by atoms with E-state index in [1.165, 1.54) is 0 Å². The van der Waals surface area contributed by atoms with E-state index in [9.17, 15) is 4.79 Å². The monoisotopic (exact) mass is 400 g/mol. The molecule has 0 radical (unpaired) electrons. The zero-order valence-corrected chi connectivity index (χ0v) is 16.5. The highest BCUT2D eigenvalue weighted by Crippen LogP contribution is 2.44. The molecule has 2 N–H and O–H groups in total. The van der Waals surface area contributed by atoms with Gasteiger partial charge in [-0.05, 0) is 55.6 Å². The van der Waals surface area contributed by atoms with Crippen molar-refractivity contribution in [3.8, 4) is 11.5 Å². The molecule has 148 valence electrons. The van der Waals surface area contributed by atoms with Crippen LogP contribution in [0.3, 0.4) is 0 Å². The van der Waals surface area contributed by atoms with Crippen molar-refractivity contribution in [2.24, 2.45) is 0 Å². The third-order valence-corrected chi connectivity index (χ3v) is 6.37. The molecule has 2 aliphatic carbocycles. The molecule has 0 saturated heterocycles. The van der Waals surface area contributed by atoms with E-state index in [2.05, 4.69) is 15.5 Å². The van der Waals surface area contributed by atoms with Gasteiger partial charge in [0.15, 0.2) is 22.1 Å². The van der Waals surface area contributed by atoms with Gasteiger partial charge in [0.1, 0.15) is 13.2 Å². The topological polar surface area (TPSA) is 81.2 Å². The Balaban J connectivity index is 1.39. The molecule has 5 rings (SSSR count). The van der Waals surface area contributed by atoms with Crippen molar-refractivity contribution < 1.29 is 14.3 Å². The van der Waals surface area contributed by atoms with Crippen molar-refractivity contribution in [2.75, 3.05) is 13.2 Å². The minimum atomic E-state index is -0.520. The summed E-state index contributed by atoms with van der Waals surface area (Å²) in [5.74, 6) is 2.34. The zero-order valence-electron chi connectivity index (χ0n) is 15.7. The Bertz CT molecular complexity index is 957. The number of hydrogen-bond donors (Lipinski definition) is 2. The van der Waals surface area contributed by atoms with E-state index < -0.39 is 5.41 Å². The van der Waals surface area contributed by atoms with E-state index in [0.29, 0.717) is 30.6 Å². The molecule has 2 saturated carbocycles. The largest absolute Gasteiger partial charge is 0.486 e. The lowest BCUT2D eigenvalue weighted by molar-refractivity contribution is -0.126. The first-order valence-electron chi connectivity index (χ1n) is 10.0. The summed E-state index contributed by atoms with van der Waals surface area (Å²) in [6.07, 6.45) is 6.01. The van der Waals surface area contributed by atoms with E-state index in [4.69, 9.17) is 21.7 Å². The fourth-order valence-electron chi connectivity index (χ4n) is 4.47. The second-order valence-corrected chi connectivity index (χ2v) is 8.26. The van der Waals surface area contributed by atoms with Gasteiger partial charge in [0.25, 0.3) is 0 Å². The average molecular weight is 401 g/mol. The number of fused-ring (bicyclic) bond motifs is 1. The number of rotatable bonds is 5. The first-order valence-corrected chi connectivity index (χ1v) is 10.4. The number of H-pyrrole nitrogens is 1. The Kier molecular flexibility index (Phi) is 4.38. The maximum atomic E-state index is 13.4. The summed E-state index contributed by atoms with van der Waals surface area (Å²) in [5.41, 5.74) is 0.487. The number of carbonyl (C=O) groups excluding carboxylic acids is 1. The van der Waals surface area contributed by atoms with E-state index in [0.717, 1.165) is 61.4 Å². The van der Waals surface area contributed by atoms with Crippen LogP contribution >= 0.6 is 12.2 Å². The van der Waals surface area contributed by atoms with E-state index >= 15 is 0 Å². The van der Waals surface area contributed by atoms with Gasteiger partial charge in [-0.3, -0.25) is 14.5 Å². The van der Waals surface area contributed by atoms with Crippen LogP contribution in [0.5, 0.6) is 11.5 Å². The summed E-state index contributed by atoms with van der Waals surface area (Å²) in [6, 6.07) is 6.35. The third kappa shape index (κ3) is 2.99. The van der Waals surface area contributed by atoms with Crippen LogP contribution in [-0.4, -0.2) is 33.9 Å². The third-order valence-electron chi connectivity index (χ3n) is 6.08. The van der Waals surface area contributed by atoms with Gasteiger partial charge >= 0.3 is 0 Å². The molecule has 0 atom stereocenters. The summed E-state index contributed by atoms with van der Waals surface area (Å²) in [7, 11) is 0. The summed E-state index contributed by atoms with van der Waals surface area (Å²) >= 11 is 5.34. The summed E-state index contributed by atoms with van der Waals surface area (Å²) in [4.78, 5) is 13.4. The molecule has 28 heavy (non-hydrogen) atoms. The molecule has 1 aromatic heterocycles. The van der Waals surface area contributed by atoms with E-state index in [1.54, 1.807) is 0 Å². The number of carbonyl (C=O) groups is 1. The minimum absolute atomic E-state index is 0.0537. The quantitative estimate of drug-likeness (QED) is 0.754. The first-order chi connectivity index (χ1) is 13.7. The Labute approximate surface area is 168 Å². The van der Waals surface area contributed by atoms with Crippen LogP contribution in [0.25, 0.3) is 0 Å². The number of aromatic nitrogens is 3. The zero-order chi connectivity index (χ0) is 19.1. The molecule has 3 aliphatic rings. The number of ether oxygens (including phenoxy) is 2. The molecule has 1 aromatic carbocycles. The fourth-order valence-corrected chi connectivity index (χ4v) is 4.77. The van der Waals surface area contributed by atoms with Gasteiger partial charge in [-0.1, -0.05) is 18.9 Å². The lowest BCUT2D eigenvalue weighted by Crippen LogP contribution is -2.42. The molecule has 2 heterocycles. The molecule has 1 aliphatic heterocycles. The molecule has 0 unspecified atom stereocenters. The van der Waals surface area contributed by atoms with Gasteiger partial charge in [-0.25, -0.2) is 0 Å². The van der Waals surface area contributed by atoms with E-state index in [-0.39, 0.29) is 5.91 Å². The predicted octanol–water partition coefficient (Wildman–Crippen LogP) is 3.17. The lowest BCUT2D eigenvalue weighted by atomic mass is 9.77. The van der Waals surface area contributed by atoms with Gasteiger partial charge in [0.05, 0.1) is 12.0 Å². The SMILES string of the molecule is O=C(NCc1n[nH]c(=S)n1C1CC1)C1(c2ccc3c(c2)OCCO3)CCCC1. The Morgan fingerprint density at radius 1 is 1.25 bits per heavy atom. The van der Waals surface area contributed by atoms with Crippen LogP contribution < -0.4 is 14.8 Å². The van der Waals surface area contributed by atoms with E-state index in [1.807, 2.05) is 22.8 Å². The predicted molar refractivity (Wildman–Crippen MR) is 105 cm³/mol. The normalized spacial score (nSPS) is 20.1. The molecule has 7 nitrogen and oxygen atoms in total. The van der Waals surface area contributed by atoms with Crippen molar-refractivity contribution in [1.29, 1.82) is 0 Å². The molecule has 8 heteroatoms. The molecular weight excluding hydrogens is 376 g/mol. The number of amides is 1. The minimum Gasteiger partial charge on any atom is -0.486 e. The molecule has 2 fully saturated rings. The smallest absolute Gasteiger partial charge is 0.231 e. The summed E-state index contributed by atoms with van der Waals surface area (Å²) in [5, 5.41) is 10.3. The average Bonchev–Trinajstić information content (AvgIpc) is 3.30. The number of hydrogen-bond acceptors (Lipinski definition) is 5. The maximum absolute atomic E-state index is 13.4. The van der Waals surface area contributed by atoms with Crippen LogP contribution in [0.1, 0.15) is 56.0 Å². The Morgan fingerprint density at radius 3 is 2.75 bits per heavy atom. The standard InChI is InChI=1S/C20H24N4O3S/c25-18(21-12-17-22-23-19(28)24(17)14-4-5-14)20(7-1-2-8-20)13-3-6-15-16(11-13)27-10-9-26-15/h3,6,11,14H,1-2,4-5,7-10,12H2,(H,21,25)(H,23,28). The van der Waals surface area contributed by atoms with Crippen LogP contribution in [0.15, 0.2) is 18.2 Å². The summed E-state index contributed by atoms with van der Waals surface area (Å²) < 4.78 is 14.1. The fraction of sp³-hybridized carbons (Fsp3) is 0.550. The van der Waals surface area contributed by atoms with Crippen LogP contribution in [0, 0.1) is 4.77 Å². The van der Waals surface area contributed by atoms with Crippen molar-refractivity contribution in [1.82, 2.24) is 20.1 Å². The molecule has 0 bridgehead atoms. The molecular formula is C20H24N4O3S. The van der Waals surface area contributed by atoms with Gasteiger partial charge in [-0.15, -0.1) is 0 Å². The second kappa shape index (κ2) is 6.92. The molecule has 2 aromatic rings. The van der Waals surface area contributed by atoms with Crippen molar-refractivity contribution in [2.45, 2.75) is 56.5 Å². The van der Waals surface area contributed by atoms with Gasteiger partial charge in [0, 0.05) is 6.04 Å². The highest BCUT2D eigenvalue weighted by molar-refractivity contribution is 7.71. The number of nitrogens with zero attached hydrogens (tertiary/aromatic N) is 2. The van der Waals surface area contributed by atoms with Crippen molar-refractivity contribution in [3.63, 3.8) is 0 Å². The Hall–Kier alpha value is -2.35. The van der Waals surface area contributed by atoms with Crippen molar-refractivity contribution in [3.05, 3.63) is 34.4 Å². The van der Waals surface area contributed by atoms with Crippen LogP contribution in [0.2, 0.25) is 0 Å². The highest BCUT2D eigenvalue weighted by atomic mass is 32.1. The van der Waals surface area contributed by atoms with Gasteiger partial charge in [0.2, 0.25) is 5.91 Å². The number of aromatic amines is 1. The van der Waals surface area contributed by atoms with Gasteiger partial charge in [-0.2, -0.15) is 5.10 Å². The molecule has 1 amide bonds. The maximum Gasteiger partial charge on any atom is 0.231 e. The number of benzene rings is 1. The summed E-state index contributed by atoms with van der Waals surface area (Å²) in [6.45, 7) is 1.49. The van der Waals surface area contributed by atoms with Crippen molar-refractivity contribution >= 4 is 18.1 Å². The van der Waals surface area contributed by atoms with Crippen LogP contribution in [-0.2, 0) is 16.8 Å². The second-order valence-electron chi connectivity index (χ2n) is 7.88. The Morgan fingerprint density at radius 2 is 2.00 bits per heavy atom. The van der Waals surface area contributed by atoms with Gasteiger partial charge < -0.3 is 14.8 Å². The van der Waals surface area contributed by atoms with Crippen LogP contribution in [0.4, 0.5) is 0 Å². The first kappa shape index (κ1) is 17.7. The number of nitrogens with one attached hydrogen (secondary N) is 2. The molecule has 0 spiro atoms. The highest BCUT2D eigenvalue weighted by Gasteiger charge is 2.43. The lowest BCUT2D eigenvalue weighted by Gasteiger charge is -2.29.